The van der Waals surface area contributed by atoms with Crippen LogP contribution < -0.4 is 16.4 Å². The van der Waals surface area contributed by atoms with Crippen LogP contribution >= 0.6 is 0 Å². The molecule has 2 aromatic heterocycles. The van der Waals surface area contributed by atoms with Crippen molar-refractivity contribution in [3.63, 3.8) is 0 Å². The summed E-state index contributed by atoms with van der Waals surface area (Å²) in [7, 11) is 0. The maximum atomic E-state index is 13.2. The number of H-pyrrole nitrogens is 1. The van der Waals surface area contributed by atoms with Crippen molar-refractivity contribution < 1.29 is 4.79 Å². The lowest BCUT2D eigenvalue weighted by Gasteiger charge is -2.32. The number of hydrogen-bond donors (Lipinski definition) is 2. The van der Waals surface area contributed by atoms with Crippen LogP contribution in [0.4, 0.5) is 0 Å². The van der Waals surface area contributed by atoms with Crippen LogP contribution in [0.15, 0.2) is 40.2 Å². The van der Waals surface area contributed by atoms with Crippen LogP contribution in [0.3, 0.4) is 0 Å². The summed E-state index contributed by atoms with van der Waals surface area (Å²) < 4.78 is 1.72. The van der Waals surface area contributed by atoms with Gasteiger partial charge in [-0.2, -0.15) is 0 Å². The van der Waals surface area contributed by atoms with E-state index in [4.69, 9.17) is 0 Å². The van der Waals surface area contributed by atoms with E-state index < -0.39 is 0 Å². The van der Waals surface area contributed by atoms with Crippen LogP contribution in [-0.4, -0.2) is 46.5 Å². The number of amides is 1. The van der Waals surface area contributed by atoms with E-state index in [0.29, 0.717) is 37.0 Å². The second-order valence-electron chi connectivity index (χ2n) is 9.04. The molecule has 1 amide bonds. The highest BCUT2D eigenvalue weighted by atomic mass is 16.2. The smallest absolute Gasteiger partial charge is 0.263 e. The third kappa shape index (κ3) is 5.15. The predicted molar refractivity (Wildman–Crippen MR) is 120 cm³/mol. The van der Waals surface area contributed by atoms with Crippen LogP contribution in [-0.2, 0) is 13.0 Å². The van der Waals surface area contributed by atoms with Gasteiger partial charge >= 0.3 is 0 Å². The van der Waals surface area contributed by atoms with Crippen molar-refractivity contribution in [2.24, 2.45) is 11.8 Å². The molecule has 2 fully saturated rings. The number of carbonyl (C=O) groups excluding carboxylic acids is 1. The molecule has 7 heteroatoms. The number of nitrogens with one attached hydrogen (secondary N) is 2. The topological polar surface area (TPSA) is 87.2 Å². The molecular formula is C24H32N4O3. The van der Waals surface area contributed by atoms with Crippen LogP contribution in [0.2, 0.25) is 0 Å². The summed E-state index contributed by atoms with van der Waals surface area (Å²) in [4.78, 5) is 42.2. The maximum absolute atomic E-state index is 13.2. The van der Waals surface area contributed by atoms with Gasteiger partial charge in [-0.1, -0.05) is 6.07 Å². The zero-order valence-electron chi connectivity index (χ0n) is 18.2. The van der Waals surface area contributed by atoms with E-state index in [-0.39, 0.29) is 17.0 Å². The first-order valence-electron chi connectivity index (χ1n) is 11.4. The number of aromatic amines is 1. The number of rotatable bonds is 5. The average Bonchev–Trinajstić information content (AvgIpc) is 2.78. The normalized spacial score (nSPS) is 20.0. The van der Waals surface area contributed by atoms with E-state index in [2.05, 4.69) is 10.3 Å². The number of piperidine rings is 2. The summed E-state index contributed by atoms with van der Waals surface area (Å²) in [6.45, 7) is 5.80. The number of aryl methyl sites for hydroxylation is 1. The fourth-order valence-corrected chi connectivity index (χ4v) is 4.83. The van der Waals surface area contributed by atoms with Gasteiger partial charge in [0.25, 0.3) is 11.5 Å². The highest BCUT2D eigenvalue weighted by Gasteiger charge is 2.27. The number of carbonyl (C=O) groups is 1. The number of nitrogens with zero attached hydrogens (tertiary/aromatic N) is 2. The van der Waals surface area contributed by atoms with Gasteiger partial charge in [0, 0.05) is 38.1 Å². The van der Waals surface area contributed by atoms with Gasteiger partial charge in [-0.3, -0.25) is 14.4 Å². The summed E-state index contributed by atoms with van der Waals surface area (Å²) in [6.07, 6.45) is 8.55. The molecule has 4 rings (SSSR count). The molecule has 2 N–H and O–H groups in total. The van der Waals surface area contributed by atoms with Crippen molar-refractivity contribution in [3.05, 3.63) is 68.0 Å². The Balaban J connectivity index is 1.41. The van der Waals surface area contributed by atoms with Crippen LogP contribution in [0, 0.1) is 18.8 Å². The molecule has 0 aliphatic carbocycles. The van der Waals surface area contributed by atoms with Gasteiger partial charge in [0.2, 0.25) is 5.56 Å². The number of likely N-dealkylation sites (tertiary alicyclic amines) is 1. The molecule has 166 valence electrons. The van der Waals surface area contributed by atoms with Crippen LogP contribution in [0.1, 0.15) is 47.2 Å². The van der Waals surface area contributed by atoms with Gasteiger partial charge in [0.05, 0.1) is 0 Å². The largest absolute Gasteiger partial charge is 0.338 e. The van der Waals surface area contributed by atoms with Crippen molar-refractivity contribution in [2.75, 3.05) is 26.2 Å². The van der Waals surface area contributed by atoms with E-state index in [1.165, 1.54) is 0 Å². The van der Waals surface area contributed by atoms with Crippen molar-refractivity contribution in [1.82, 2.24) is 19.8 Å². The fourth-order valence-electron chi connectivity index (χ4n) is 4.83. The standard InChI is InChI=1S/C24H32N4O3/c1-17-6-10-28(16-20-3-2-9-25-14-20)24(31)22(17)23(30)27-11-7-18(8-12-27)13-19-4-5-21(29)26-15-19/h4-6,10,15,18,20,25H,2-3,7-9,11-14,16H2,1H3,(H,26,29). The van der Waals surface area contributed by atoms with E-state index in [0.717, 1.165) is 56.3 Å². The second-order valence-corrected chi connectivity index (χ2v) is 9.04. The van der Waals surface area contributed by atoms with Gasteiger partial charge in [0.15, 0.2) is 0 Å². The monoisotopic (exact) mass is 424 g/mol. The first-order valence-corrected chi connectivity index (χ1v) is 11.4. The zero-order valence-corrected chi connectivity index (χ0v) is 18.2. The molecule has 4 heterocycles. The maximum Gasteiger partial charge on any atom is 0.263 e. The minimum Gasteiger partial charge on any atom is -0.338 e. The SMILES string of the molecule is Cc1ccn(CC2CCCNC2)c(=O)c1C(=O)N1CCC(Cc2ccc(=O)[nH]c2)CC1. The summed E-state index contributed by atoms with van der Waals surface area (Å²) in [5.74, 6) is 0.768. The molecule has 1 atom stereocenters. The Bertz CT molecular complexity index is 1010. The van der Waals surface area contributed by atoms with Gasteiger partial charge in [-0.05, 0) is 81.1 Å². The average molecular weight is 425 g/mol. The molecule has 0 radical (unpaired) electrons. The molecule has 2 aliphatic rings. The van der Waals surface area contributed by atoms with Crippen molar-refractivity contribution in [1.29, 1.82) is 0 Å². The lowest BCUT2D eigenvalue weighted by molar-refractivity contribution is 0.0687. The van der Waals surface area contributed by atoms with Gasteiger partial charge in [-0.25, -0.2) is 0 Å². The van der Waals surface area contributed by atoms with Crippen molar-refractivity contribution in [2.45, 2.75) is 45.6 Å². The molecule has 0 saturated carbocycles. The fraction of sp³-hybridized carbons (Fsp3) is 0.542. The van der Waals surface area contributed by atoms with Crippen LogP contribution in [0.25, 0.3) is 0 Å². The number of pyridine rings is 2. The summed E-state index contributed by atoms with van der Waals surface area (Å²) >= 11 is 0. The van der Waals surface area contributed by atoms with Gasteiger partial charge in [0.1, 0.15) is 5.56 Å². The molecule has 31 heavy (non-hydrogen) atoms. The second kappa shape index (κ2) is 9.64. The Kier molecular flexibility index (Phi) is 6.70. The zero-order chi connectivity index (χ0) is 21.8. The summed E-state index contributed by atoms with van der Waals surface area (Å²) in [6, 6.07) is 5.32. The molecule has 0 aromatic carbocycles. The Morgan fingerprint density at radius 1 is 1.10 bits per heavy atom. The van der Waals surface area contributed by atoms with Crippen LogP contribution in [0.5, 0.6) is 0 Å². The molecule has 2 aliphatic heterocycles. The molecule has 0 bridgehead atoms. The van der Waals surface area contributed by atoms with Gasteiger partial charge < -0.3 is 19.8 Å². The number of hydrogen-bond acceptors (Lipinski definition) is 4. The molecule has 1 unspecified atom stereocenters. The van der Waals surface area contributed by atoms with Crippen molar-refractivity contribution >= 4 is 5.91 Å². The Morgan fingerprint density at radius 3 is 2.58 bits per heavy atom. The van der Waals surface area contributed by atoms with E-state index in [1.807, 2.05) is 30.2 Å². The molecule has 7 nitrogen and oxygen atoms in total. The number of aromatic nitrogens is 2. The van der Waals surface area contributed by atoms with E-state index in [1.54, 1.807) is 16.8 Å². The highest BCUT2D eigenvalue weighted by molar-refractivity contribution is 5.95. The van der Waals surface area contributed by atoms with Crippen molar-refractivity contribution in [3.8, 4) is 0 Å². The lowest BCUT2D eigenvalue weighted by Crippen LogP contribution is -2.43. The Morgan fingerprint density at radius 2 is 1.90 bits per heavy atom. The first-order chi connectivity index (χ1) is 15.0. The van der Waals surface area contributed by atoms with E-state index in [9.17, 15) is 14.4 Å². The predicted octanol–water partition coefficient (Wildman–Crippen LogP) is 1.94. The highest BCUT2D eigenvalue weighted by Crippen LogP contribution is 2.22. The molecule has 2 aromatic rings. The molecule has 2 saturated heterocycles. The quantitative estimate of drug-likeness (QED) is 0.768. The third-order valence-electron chi connectivity index (χ3n) is 6.72. The first kappa shape index (κ1) is 21.6. The minimum absolute atomic E-state index is 0.0900. The molecule has 0 spiro atoms. The van der Waals surface area contributed by atoms with E-state index >= 15 is 0 Å². The third-order valence-corrected chi connectivity index (χ3v) is 6.72. The molecular weight excluding hydrogens is 392 g/mol. The Labute approximate surface area is 182 Å². The summed E-state index contributed by atoms with van der Waals surface area (Å²) in [5.41, 5.74) is 1.94. The summed E-state index contributed by atoms with van der Waals surface area (Å²) in [5, 5.41) is 3.39. The minimum atomic E-state index is -0.161. The lowest BCUT2D eigenvalue weighted by atomic mass is 9.90. The Hall–Kier alpha value is -2.67. The van der Waals surface area contributed by atoms with Gasteiger partial charge in [-0.15, -0.1) is 0 Å².